The molecule has 3 aliphatic heterocycles. The Morgan fingerprint density at radius 2 is 2.00 bits per heavy atom. The largest absolute Gasteiger partial charge is 0.374 e. The van der Waals surface area contributed by atoms with Gasteiger partial charge in [-0.15, -0.1) is 0 Å². The molecule has 3 aliphatic rings. The lowest BCUT2D eigenvalue weighted by Gasteiger charge is -2.28. The molecule has 11 heteroatoms. The molecule has 1 aromatic carbocycles. The first-order chi connectivity index (χ1) is 18.4. The van der Waals surface area contributed by atoms with Crippen molar-refractivity contribution in [2.75, 3.05) is 41.8 Å². The summed E-state index contributed by atoms with van der Waals surface area (Å²) in [5, 5.41) is 9.73. The van der Waals surface area contributed by atoms with Crippen LogP contribution < -0.4 is 20.9 Å². The van der Waals surface area contributed by atoms with Crippen molar-refractivity contribution in [1.82, 2.24) is 25.2 Å². The first-order valence-corrected chi connectivity index (χ1v) is 13.1. The van der Waals surface area contributed by atoms with Crippen LogP contribution in [0.5, 0.6) is 0 Å². The zero-order chi connectivity index (χ0) is 26.4. The summed E-state index contributed by atoms with van der Waals surface area (Å²) in [5.74, 6) is -0.355. The second-order valence-electron chi connectivity index (χ2n) is 10.4. The molecule has 0 saturated carbocycles. The number of hydrogen-bond donors (Lipinski definition) is 3. The number of benzene rings is 1. The lowest BCUT2D eigenvalue weighted by atomic mass is 10.1. The minimum absolute atomic E-state index is 0.0235. The van der Waals surface area contributed by atoms with Crippen molar-refractivity contribution in [3.63, 3.8) is 0 Å². The van der Waals surface area contributed by atoms with Crippen molar-refractivity contribution < 1.29 is 13.5 Å². The highest BCUT2D eigenvalue weighted by atomic mass is 19.1. The summed E-state index contributed by atoms with van der Waals surface area (Å²) in [6.07, 6.45) is 3.08. The van der Waals surface area contributed by atoms with E-state index in [-0.39, 0.29) is 30.0 Å². The van der Waals surface area contributed by atoms with Crippen LogP contribution in [0.15, 0.2) is 36.7 Å². The van der Waals surface area contributed by atoms with Crippen molar-refractivity contribution in [2.24, 2.45) is 0 Å². The van der Waals surface area contributed by atoms with Crippen LogP contribution in [-0.2, 0) is 11.3 Å². The third-order valence-corrected chi connectivity index (χ3v) is 7.35. The van der Waals surface area contributed by atoms with Gasteiger partial charge in [-0.3, -0.25) is 4.90 Å². The first-order valence-electron chi connectivity index (χ1n) is 13.1. The Hall–Kier alpha value is -3.41. The van der Waals surface area contributed by atoms with Gasteiger partial charge in [-0.2, -0.15) is 0 Å². The highest BCUT2D eigenvalue weighted by molar-refractivity contribution is 5.82. The number of rotatable bonds is 6. The van der Waals surface area contributed by atoms with Gasteiger partial charge in [-0.1, -0.05) is 6.07 Å². The summed E-state index contributed by atoms with van der Waals surface area (Å²) in [4.78, 5) is 17.4. The van der Waals surface area contributed by atoms with E-state index < -0.39 is 11.6 Å². The van der Waals surface area contributed by atoms with Crippen LogP contribution in [0.4, 0.5) is 31.9 Å². The van der Waals surface area contributed by atoms with Crippen LogP contribution in [0, 0.1) is 11.6 Å². The average molecular weight is 523 g/mol. The fourth-order valence-corrected chi connectivity index (χ4v) is 5.68. The molecule has 6 rings (SSSR count). The van der Waals surface area contributed by atoms with Crippen molar-refractivity contribution >= 4 is 23.1 Å². The summed E-state index contributed by atoms with van der Waals surface area (Å²) < 4.78 is 35.7. The molecular formula is C27H32F2N8O. The van der Waals surface area contributed by atoms with Gasteiger partial charge in [0.15, 0.2) is 5.82 Å². The van der Waals surface area contributed by atoms with Crippen LogP contribution in [-0.4, -0.2) is 70.4 Å². The number of halogens is 2. The van der Waals surface area contributed by atoms with Crippen LogP contribution in [0.25, 0.3) is 11.3 Å². The Balaban J connectivity index is 1.18. The molecule has 0 aliphatic carbocycles. The summed E-state index contributed by atoms with van der Waals surface area (Å²) in [5.41, 5.74) is 2.56. The zero-order valence-electron chi connectivity index (χ0n) is 21.7. The molecule has 2 saturated heterocycles. The minimum Gasteiger partial charge on any atom is -0.374 e. The quantitative estimate of drug-likeness (QED) is 0.448. The number of nitrogens with zero attached hydrogens (tertiary/aromatic N) is 5. The Bertz CT molecular complexity index is 1310. The standard InChI is InChI=1S/C27H32F2N8O/c1-15(2)37-16(3)33-26-19(28)8-18(9-22(26)37)25-20(29)11-32-27(35-25)34-24-5-4-17(10-31-24)12-36-13-21-23(14-36)38-7-6-30-21/h4-5,8-11,15-16,21,23,30,33H,6-7,12-14H2,1-3H3,(H,31,32,34,35). The molecule has 0 bridgehead atoms. The highest BCUT2D eigenvalue weighted by Gasteiger charge is 2.35. The smallest absolute Gasteiger partial charge is 0.229 e. The lowest BCUT2D eigenvalue weighted by molar-refractivity contribution is 0.0175. The summed E-state index contributed by atoms with van der Waals surface area (Å²) in [6.45, 7) is 10.3. The average Bonchev–Trinajstić information content (AvgIpc) is 3.46. The molecule has 200 valence electrons. The fourth-order valence-electron chi connectivity index (χ4n) is 5.68. The third kappa shape index (κ3) is 4.77. The number of fused-ring (bicyclic) bond motifs is 2. The first kappa shape index (κ1) is 24.9. The van der Waals surface area contributed by atoms with Gasteiger partial charge < -0.3 is 25.6 Å². The maximum absolute atomic E-state index is 15.0. The van der Waals surface area contributed by atoms with Crippen molar-refractivity contribution in [1.29, 1.82) is 0 Å². The molecule has 38 heavy (non-hydrogen) atoms. The van der Waals surface area contributed by atoms with E-state index >= 15 is 4.39 Å². The lowest BCUT2D eigenvalue weighted by Crippen LogP contribution is -2.47. The van der Waals surface area contributed by atoms with Gasteiger partial charge in [0.05, 0.1) is 36.4 Å². The number of hydrogen-bond acceptors (Lipinski definition) is 9. The Morgan fingerprint density at radius 1 is 1.13 bits per heavy atom. The predicted molar refractivity (Wildman–Crippen MR) is 142 cm³/mol. The molecule has 3 N–H and O–H groups in total. The number of morpholine rings is 1. The van der Waals surface area contributed by atoms with Gasteiger partial charge in [0.25, 0.3) is 0 Å². The van der Waals surface area contributed by atoms with E-state index in [1.807, 2.05) is 39.1 Å². The summed E-state index contributed by atoms with van der Waals surface area (Å²) in [7, 11) is 0. The van der Waals surface area contributed by atoms with Crippen LogP contribution >= 0.6 is 0 Å². The summed E-state index contributed by atoms with van der Waals surface area (Å²) >= 11 is 0. The topological polar surface area (TPSA) is 90.5 Å². The number of likely N-dealkylation sites (tertiary alicyclic amines) is 1. The van der Waals surface area contributed by atoms with Crippen molar-refractivity contribution in [3.05, 3.63) is 53.9 Å². The summed E-state index contributed by atoms with van der Waals surface area (Å²) in [6, 6.07) is 7.44. The SMILES string of the molecule is CC(C)N1c2cc(-c3nc(Nc4ccc(CN5CC6NCCOC6C5)cn4)ncc3F)cc(F)c2NC1C. The Morgan fingerprint density at radius 3 is 2.76 bits per heavy atom. The molecule has 0 spiro atoms. The second kappa shape index (κ2) is 10.0. The fraction of sp³-hybridized carbons (Fsp3) is 0.444. The molecule has 3 atom stereocenters. The molecule has 9 nitrogen and oxygen atoms in total. The van der Waals surface area contributed by atoms with Gasteiger partial charge in [-0.05, 0) is 44.5 Å². The number of pyridine rings is 1. The molecule has 2 fully saturated rings. The van der Waals surface area contributed by atoms with E-state index in [4.69, 9.17) is 4.74 Å². The van der Waals surface area contributed by atoms with Crippen LogP contribution in [0.1, 0.15) is 26.3 Å². The molecule has 2 aromatic heterocycles. The Labute approximate surface area is 220 Å². The molecule has 5 heterocycles. The van der Waals surface area contributed by atoms with Crippen LogP contribution in [0.2, 0.25) is 0 Å². The minimum atomic E-state index is -0.627. The van der Waals surface area contributed by atoms with E-state index in [2.05, 4.69) is 40.7 Å². The molecule has 0 radical (unpaired) electrons. The van der Waals surface area contributed by atoms with Gasteiger partial charge >= 0.3 is 0 Å². The monoisotopic (exact) mass is 522 g/mol. The maximum Gasteiger partial charge on any atom is 0.229 e. The van der Waals surface area contributed by atoms with E-state index in [0.29, 0.717) is 28.8 Å². The van der Waals surface area contributed by atoms with Gasteiger partial charge in [0, 0.05) is 50.0 Å². The third-order valence-electron chi connectivity index (χ3n) is 7.35. The van der Waals surface area contributed by atoms with E-state index in [9.17, 15) is 4.39 Å². The predicted octanol–water partition coefficient (Wildman–Crippen LogP) is 3.72. The number of nitrogens with one attached hydrogen (secondary N) is 3. The zero-order valence-corrected chi connectivity index (χ0v) is 21.7. The van der Waals surface area contributed by atoms with Crippen molar-refractivity contribution in [2.45, 2.75) is 51.7 Å². The number of aromatic nitrogens is 3. The van der Waals surface area contributed by atoms with Gasteiger partial charge in [0.1, 0.15) is 17.3 Å². The number of ether oxygens (including phenoxy) is 1. The van der Waals surface area contributed by atoms with E-state index in [1.54, 1.807) is 6.07 Å². The second-order valence-corrected chi connectivity index (χ2v) is 10.4. The van der Waals surface area contributed by atoms with Crippen LogP contribution in [0.3, 0.4) is 0 Å². The van der Waals surface area contributed by atoms with Gasteiger partial charge in [-0.25, -0.2) is 23.7 Å². The molecular weight excluding hydrogens is 490 g/mol. The highest BCUT2D eigenvalue weighted by Crippen LogP contribution is 2.41. The molecule has 3 aromatic rings. The normalized spacial score (nSPS) is 22.9. The number of anilines is 4. The van der Waals surface area contributed by atoms with E-state index in [1.165, 1.54) is 6.07 Å². The van der Waals surface area contributed by atoms with E-state index in [0.717, 1.165) is 44.5 Å². The molecule has 0 amide bonds. The maximum atomic E-state index is 15.0. The van der Waals surface area contributed by atoms with Crippen molar-refractivity contribution in [3.8, 4) is 11.3 Å². The Kier molecular flexibility index (Phi) is 6.58. The van der Waals surface area contributed by atoms with Gasteiger partial charge in [0.2, 0.25) is 5.95 Å². The molecule has 3 unspecified atom stereocenters.